The fourth-order valence-corrected chi connectivity index (χ4v) is 1.00. The second-order valence-electron chi connectivity index (χ2n) is 3.05. The number of rotatable bonds is 5. The molecule has 0 nitrogen and oxygen atoms in total. The third kappa shape index (κ3) is 4.47. The van der Waals surface area contributed by atoms with Gasteiger partial charge in [-0.2, -0.15) is 0 Å². The van der Waals surface area contributed by atoms with Gasteiger partial charge in [-0.3, -0.25) is 0 Å². The molecule has 0 amide bonds. The Morgan fingerprint density at radius 2 is 1.88 bits per heavy atom. The number of hydrogen-bond acceptors (Lipinski definition) is 0. The summed E-state index contributed by atoms with van der Waals surface area (Å²) in [6.07, 6.45) is 4.12. The van der Waals surface area contributed by atoms with Gasteiger partial charge in [0.2, 0.25) is 0 Å². The molecule has 0 unspecified atom stereocenters. The van der Waals surface area contributed by atoms with E-state index in [4.69, 9.17) is 0 Å². The first kappa shape index (κ1) is 14.7. The lowest BCUT2D eigenvalue weighted by molar-refractivity contribution is 0.511. The van der Waals surface area contributed by atoms with Gasteiger partial charge in [0.1, 0.15) is 6.67 Å². The van der Waals surface area contributed by atoms with E-state index in [-0.39, 0.29) is 23.9 Å². The van der Waals surface area contributed by atoms with Gasteiger partial charge in [0, 0.05) is 0 Å². The number of alkyl halides is 1. The molecule has 0 aromatic heterocycles. The van der Waals surface area contributed by atoms with E-state index in [1.165, 1.54) is 6.92 Å². The topological polar surface area (TPSA) is 0 Å². The van der Waals surface area contributed by atoms with Crippen molar-refractivity contribution in [2.24, 2.45) is 0 Å². The zero-order valence-electron chi connectivity index (χ0n) is 9.24. The molecule has 16 heavy (non-hydrogen) atoms. The molecule has 0 atom stereocenters. The molecule has 0 heterocycles. The van der Waals surface area contributed by atoms with Crippen LogP contribution in [-0.4, -0.2) is 6.67 Å². The van der Waals surface area contributed by atoms with Crippen molar-refractivity contribution in [2.75, 3.05) is 6.67 Å². The molecule has 0 aliphatic heterocycles. The highest BCUT2D eigenvalue weighted by atomic mass is 19.2. The van der Waals surface area contributed by atoms with Gasteiger partial charge in [-0.1, -0.05) is 12.2 Å². The lowest BCUT2D eigenvalue weighted by atomic mass is 10.0. The largest absolute Gasteiger partial charge is 0.246 e. The second-order valence-corrected chi connectivity index (χ2v) is 3.05. The van der Waals surface area contributed by atoms with E-state index in [2.05, 4.69) is 0 Å². The molecule has 0 rings (SSSR count). The van der Waals surface area contributed by atoms with Gasteiger partial charge in [0.15, 0.2) is 11.7 Å². The van der Waals surface area contributed by atoms with Crippen LogP contribution in [0.15, 0.2) is 47.4 Å². The van der Waals surface area contributed by atoms with E-state index in [9.17, 15) is 17.6 Å². The number of halogens is 4. The van der Waals surface area contributed by atoms with Crippen molar-refractivity contribution >= 4 is 0 Å². The van der Waals surface area contributed by atoms with Crippen molar-refractivity contribution in [3.8, 4) is 0 Å². The fraction of sp³-hybridized carbons (Fsp3) is 0.333. The van der Waals surface area contributed by atoms with Crippen LogP contribution in [0.4, 0.5) is 17.6 Å². The minimum atomic E-state index is -1.31. The molecular weight excluding hydrogens is 220 g/mol. The van der Waals surface area contributed by atoms with Crippen molar-refractivity contribution in [2.45, 2.75) is 20.3 Å². The standard InChI is InChI=1S/C12H14F4/c1-3-4-5-10(8-14)9(2)12(16)11(15)6-7-13/h3-4,6,8H,5,7H2,1-2H3/b4-3-,10-8-,11-6+,12-9+. The van der Waals surface area contributed by atoms with E-state index in [1.807, 2.05) is 0 Å². The highest BCUT2D eigenvalue weighted by Crippen LogP contribution is 2.25. The highest BCUT2D eigenvalue weighted by molar-refractivity contribution is 5.38. The van der Waals surface area contributed by atoms with Crippen molar-refractivity contribution in [3.05, 3.63) is 47.4 Å². The zero-order chi connectivity index (χ0) is 12.6. The Bertz CT molecular complexity index is 335. The summed E-state index contributed by atoms with van der Waals surface area (Å²) in [5.74, 6) is -2.54. The summed E-state index contributed by atoms with van der Waals surface area (Å²) in [5.41, 5.74) is -0.138. The summed E-state index contributed by atoms with van der Waals surface area (Å²) in [6, 6.07) is 0. The molecule has 0 aromatic carbocycles. The molecule has 0 saturated heterocycles. The maximum absolute atomic E-state index is 13.3. The molecule has 0 aliphatic carbocycles. The van der Waals surface area contributed by atoms with Crippen LogP contribution in [0.3, 0.4) is 0 Å². The predicted molar refractivity (Wildman–Crippen MR) is 57.6 cm³/mol. The molecular formula is C12H14F4. The summed E-state index contributed by atoms with van der Waals surface area (Å²) in [4.78, 5) is 0. The van der Waals surface area contributed by atoms with Crippen molar-refractivity contribution in [3.63, 3.8) is 0 Å². The van der Waals surface area contributed by atoms with Crippen LogP contribution in [0, 0.1) is 0 Å². The normalized spacial score (nSPS) is 15.6. The molecule has 0 aromatic rings. The first-order valence-corrected chi connectivity index (χ1v) is 4.77. The predicted octanol–water partition coefficient (Wildman–Crippen LogP) is 4.87. The molecule has 0 saturated carbocycles. The third-order valence-electron chi connectivity index (χ3n) is 1.98. The van der Waals surface area contributed by atoms with Gasteiger partial charge in [-0.25, -0.2) is 17.6 Å². The maximum atomic E-state index is 13.3. The molecule has 4 heteroatoms. The van der Waals surface area contributed by atoms with Crippen LogP contribution in [0.5, 0.6) is 0 Å². The van der Waals surface area contributed by atoms with Gasteiger partial charge >= 0.3 is 0 Å². The van der Waals surface area contributed by atoms with Crippen LogP contribution in [0.1, 0.15) is 20.3 Å². The maximum Gasteiger partial charge on any atom is 0.161 e. The van der Waals surface area contributed by atoms with Crippen LogP contribution < -0.4 is 0 Å². The lowest BCUT2D eigenvalue weighted by Crippen LogP contribution is -1.90. The Hall–Kier alpha value is -1.32. The Morgan fingerprint density at radius 1 is 1.25 bits per heavy atom. The van der Waals surface area contributed by atoms with Gasteiger partial charge in [-0.15, -0.1) is 0 Å². The second kappa shape index (κ2) is 7.91. The lowest BCUT2D eigenvalue weighted by Gasteiger charge is -2.04. The van der Waals surface area contributed by atoms with E-state index < -0.39 is 18.3 Å². The van der Waals surface area contributed by atoms with E-state index in [1.54, 1.807) is 19.1 Å². The summed E-state index contributed by atoms with van der Waals surface area (Å²) in [7, 11) is 0. The third-order valence-corrected chi connectivity index (χ3v) is 1.98. The molecule has 0 aliphatic rings. The summed E-state index contributed by atoms with van der Waals surface area (Å²) in [6.45, 7) is 1.88. The van der Waals surface area contributed by atoms with Gasteiger partial charge in [-0.05, 0) is 37.5 Å². The van der Waals surface area contributed by atoms with Crippen LogP contribution >= 0.6 is 0 Å². The molecule has 0 N–H and O–H groups in total. The molecule has 0 fully saturated rings. The van der Waals surface area contributed by atoms with Gasteiger partial charge in [0.25, 0.3) is 0 Å². The van der Waals surface area contributed by atoms with Gasteiger partial charge in [0.05, 0.1) is 6.33 Å². The summed E-state index contributed by atoms with van der Waals surface area (Å²) < 4.78 is 50.3. The summed E-state index contributed by atoms with van der Waals surface area (Å²) in [5, 5.41) is 0. The Morgan fingerprint density at radius 3 is 2.31 bits per heavy atom. The molecule has 0 radical (unpaired) electrons. The monoisotopic (exact) mass is 234 g/mol. The van der Waals surface area contributed by atoms with Gasteiger partial charge < -0.3 is 0 Å². The Balaban J connectivity index is 5.05. The minimum Gasteiger partial charge on any atom is -0.246 e. The SMILES string of the molecule is C/C=C\CC(=C/F)/C(C)=C(F)\C(F)=C/CF. The number of allylic oxidation sites excluding steroid dienone is 7. The smallest absolute Gasteiger partial charge is 0.161 e. The van der Waals surface area contributed by atoms with E-state index in [0.717, 1.165) is 0 Å². The fourth-order valence-electron chi connectivity index (χ4n) is 1.00. The molecule has 90 valence electrons. The minimum absolute atomic E-state index is 0.0259. The Kier molecular flexibility index (Phi) is 7.25. The van der Waals surface area contributed by atoms with Crippen LogP contribution in [-0.2, 0) is 0 Å². The van der Waals surface area contributed by atoms with E-state index >= 15 is 0 Å². The average molecular weight is 234 g/mol. The first-order valence-electron chi connectivity index (χ1n) is 4.77. The van der Waals surface area contributed by atoms with Crippen molar-refractivity contribution in [1.82, 2.24) is 0 Å². The first-order chi connectivity index (χ1) is 7.58. The van der Waals surface area contributed by atoms with Crippen molar-refractivity contribution < 1.29 is 17.6 Å². The van der Waals surface area contributed by atoms with Crippen molar-refractivity contribution in [1.29, 1.82) is 0 Å². The molecule has 0 spiro atoms. The summed E-state index contributed by atoms with van der Waals surface area (Å²) >= 11 is 0. The average Bonchev–Trinajstić information content (AvgIpc) is 2.29. The Labute approximate surface area is 92.7 Å². The number of hydrogen-bond donors (Lipinski definition) is 0. The zero-order valence-corrected chi connectivity index (χ0v) is 9.24. The van der Waals surface area contributed by atoms with E-state index in [0.29, 0.717) is 6.08 Å². The van der Waals surface area contributed by atoms with Crippen LogP contribution in [0.25, 0.3) is 0 Å². The quantitative estimate of drug-likeness (QED) is 0.361. The highest BCUT2D eigenvalue weighted by Gasteiger charge is 2.11. The molecule has 0 bridgehead atoms. The van der Waals surface area contributed by atoms with Crippen LogP contribution in [0.2, 0.25) is 0 Å².